The van der Waals surface area contributed by atoms with E-state index in [4.69, 9.17) is 0 Å². The Labute approximate surface area is 157 Å². The molecule has 1 saturated heterocycles. The van der Waals surface area contributed by atoms with Crippen LogP contribution in [0.1, 0.15) is 66.7 Å². The molecule has 7 heteroatoms. The molecule has 0 unspecified atom stereocenters. The fourth-order valence-electron chi connectivity index (χ4n) is 4.43. The molecule has 144 valence electrons. The van der Waals surface area contributed by atoms with Crippen molar-refractivity contribution >= 4 is 5.91 Å². The fourth-order valence-corrected chi connectivity index (χ4v) is 4.43. The molecule has 6 nitrogen and oxygen atoms in total. The molecule has 1 amide bonds. The van der Waals surface area contributed by atoms with Crippen molar-refractivity contribution in [3.05, 3.63) is 52.0 Å². The van der Waals surface area contributed by atoms with E-state index in [1.54, 1.807) is 24.1 Å². The highest BCUT2D eigenvalue weighted by Crippen LogP contribution is 2.33. The number of hydrogen-bond donors (Lipinski definition) is 0. The SMILES string of the molecule is Cn1nc(C2CCN(C(=O)c3cccc(F)c3)CC2)n(C2CCCC2)c1=O. The van der Waals surface area contributed by atoms with Gasteiger partial charge >= 0.3 is 5.69 Å². The Bertz CT molecular complexity index is 890. The van der Waals surface area contributed by atoms with Gasteiger partial charge in [0.1, 0.15) is 11.6 Å². The van der Waals surface area contributed by atoms with Gasteiger partial charge in [-0.05, 0) is 43.9 Å². The Balaban J connectivity index is 1.49. The van der Waals surface area contributed by atoms with Crippen LogP contribution in [0.4, 0.5) is 4.39 Å². The quantitative estimate of drug-likeness (QED) is 0.832. The van der Waals surface area contributed by atoms with E-state index >= 15 is 0 Å². The molecule has 0 atom stereocenters. The Morgan fingerprint density at radius 1 is 1.15 bits per heavy atom. The molecule has 1 aromatic carbocycles. The van der Waals surface area contributed by atoms with Crippen molar-refractivity contribution in [1.82, 2.24) is 19.2 Å². The van der Waals surface area contributed by atoms with Crippen LogP contribution < -0.4 is 5.69 Å². The third kappa shape index (κ3) is 3.42. The summed E-state index contributed by atoms with van der Waals surface area (Å²) in [6, 6.07) is 6.09. The van der Waals surface area contributed by atoms with Crippen LogP contribution in [0.5, 0.6) is 0 Å². The average Bonchev–Trinajstić information content (AvgIpc) is 3.30. The molecule has 2 aliphatic rings. The molecular weight excluding hydrogens is 347 g/mol. The number of benzene rings is 1. The van der Waals surface area contributed by atoms with Gasteiger partial charge < -0.3 is 4.90 Å². The summed E-state index contributed by atoms with van der Waals surface area (Å²) in [4.78, 5) is 27.0. The van der Waals surface area contributed by atoms with Crippen molar-refractivity contribution in [2.45, 2.75) is 50.5 Å². The molecule has 1 aromatic heterocycles. The summed E-state index contributed by atoms with van der Waals surface area (Å²) in [5.74, 6) is 0.510. The topological polar surface area (TPSA) is 60.1 Å². The second kappa shape index (κ2) is 7.29. The molecule has 1 aliphatic carbocycles. The van der Waals surface area contributed by atoms with Crippen molar-refractivity contribution < 1.29 is 9.18 Å². The summed E-state index contributed by atoms with van der Waals surface area (Å²) in [5.41, 5.74) is 0.351. The molecule has 4 rings (SSSR count). The Hall–Kier alpha value is -2.44. The third-order valence-electron chi connectivity index (χ3n) is 5.89. The Morgan fingerprint density at radius 2 is 1.85 bits per heavy atom. The van der Waals surface area contributed by atoms with Gasteiger partial charge in [0, 0.05) is 37.7 Å². The molecule has 2 fully saturated rings. The lowest BCUT2D eigenvalue weighted by atomic mass is 9.95. The molecule has 1 aliphatic heterocycles. The molecule has 0 bridgehead atoms. The molecule has 2 aromatic rings. The second-order valence-corrected chi connectivity index (χ2v) is 7.65. The van der Waals surface area contributed by atoms with Crippen LogP contribution in [0.3, 0.4) is 0 Å². The Kier molecular flexibility index (Phi) is 4.85. The highest BCUT2D eigenvalue weighted by atomic mass is 19.1. The van der Waals surface area contributed by atoms with Crippen molar-refractivity contribution in [2.24, 2.45) is 7.05 Å². The van der Waals surface area contributed by atoms with Crippen molar-refractivity contribution in [3.8, 4) is 0 Å². The lowest BCUT2D eigenvalue weighted by molar-refractivity contribution is 0.0709. The molecular formula is C20H25FN4O2. The summed E-state index contributed by atoms with van der Waals surface area (Å²) >= 11 is 0. The first kappa shape index (κ1) is 17.9. The Morgan fingerprint density at radius 3 is 2.52 bits per heavy atom. The van der Waals surface area contributed by atoms with Crippen molar-refractivity contribution in [2.75, 3.05) is 13.1 Å². The lowest BCUT2D eigenvalue weighted by Crippen LogP contribution is -2.38. The number of carbonyl (C=O) groups is 1. The number of aryl methyl sites for hydroxylation is 1. The zero-order valence-electron chi connectivity index (χ0n) is 15.6. The highest BCUT2D eigenvalue weighted by Gasteiger charge is 2.31. The number of hydrogen-bond acceptors (Lipinski definition) is 3. The zero-order chi connectivity index (χ0) is 19.0. The van der Waals surface area contributed by atoms with Crippen LogP contribution in [-0.4, -0.2) is 38.2 Å². The number of nitrogens with zero attached hydrogens (tertiary/aromatic N) is 4. The predicted molar refractivity (Wildman–Crippen MR) is 99.3 cm³/mol. The molecule has 1 saturated carbocycles. The van der Waals surface area contributed by atoms with E-state index < -0.39 is 5.82 Å². The number of piperidine rings is 1. The largest absolute Gasteiger partial charge is 0.345 e. The van der Waals surface area contributed by atoms with Gasteiger partial charge in [0.15, 0.2) is 0 Å². The summed E-state index contributed by atoms with van der Waals surface area (Å²) in [6.07, 6.45) is 5.93. The van der Waals surface area contributed by atoms with E-state index in [0.29, 0.717) is 18.7 Å². The molecule has 0 radical (unpaired) electrons. The summed E-state index contributed by atoms with van der Waals surface area (Å²) in [5, 5.41) is 4.53. The van der Waals surface area contributed by atoms with E-state index in [0.717, 1.165) is 44.3 Å². The fraction of sp³-hybridized carbons (Fsp3) is 0.550. The van der Waals surface area contributed by atoms with Gasteiger partial charge in [0.25, 0.3) is 5.91 Å². The van der Waals surface area contributed by atoms with E-state index in [-0.39, 0.29) is 23.6 Å². The van der Waals surface area contributed by atoms with Crippen LogP contribution in [-0.2, 0) is 7.05 Å². The first-order chi connectivity index (χ1) is 13.0. The van der Waals surface area contributed by atoms with Gasteiger partial charge in [-0.15, -0.1) is 0 Å². The minimum atomic E-state index is -0.398. The van der Waals surface area contributed by atoms with Crippen LogP contribution >= 0.6 is 0 Å². The van der Waals surface area contributed by atoms with Gasteiger partial charge in [0.2, 0.25) is 0 Å². The van der Waals surface area contributed by atoms with Gasteiger partial charge in [0.05, 0.1) is 0 Å². The first-order valence-corrected chi connectivity index (χ1v) is 9.75. The van der Waals surface area contributed by atoms with Crippen LogP contribution in [0.15, 0.2) is 29.1 Å². The van der Waals surface area contributed by atoms with Crippen molar-refractivity contribution in [1.29, 1.82) is 0 Å². The van der Waals surface area contributed by atoms with Crippen LogP contribution in [0, 0.1) is 5.82 Å². The number of amides is 1. The van der Waals surface area contributed by atoms with Gasteiger partial charge in [-0.3, -0.25) is 9.36 Å². The maximum Gasteiger partial charge on any atom is 0.345 e. The van der Waals surface area contributed by atoms with Crippen LogP contribution in [0.25, 0.3) is 0 Å². The highest BCUT2D eigenvalue weighted by molar-refractivity contribution is 5.94. The first-order valence-electron chi connectivity index (χ1n) is 9.75. The smallest absolute Gasteiger partial charge is 0.339 e. The number of halogens is 1. The second-order valence-electron chi connectivity index (χ2n) is 7.65. The van der Waals surface area contributed by atoms with Crippen molar-refractivity contribution in [3.63, 3.8) is 0 Å². The van der Waals surface area contributed by atoms with Gasteiger partial charge in [-0.25, -0.2) is 13.9 Å². The van der Waals surface area contributed by atoms with E-state index in [2.05, 4.69) is 5.10 Å². The van der Waals surface area contributed by atoms with Crippen LogP contribution in [0.2, 0.25) is 0 Å². The minimum absolute atomic E-state index is 0.0323. The summed E-state index contributed by atoms with van der Waals surface area (Å²) in [7, 11) is 1.71. The molecule has 27 heavy (non-hydrogen) atoms. The van der Waals surface area contributed by atoms with E-state index in [9.17, 15) is 14.0 Å². The minimum Gasteiger partial charge on any atom is -0.339 e. The summed E-state index contributed by atoms with van der Waals surface area (Å²) in [6.45, 7) is 1.19. The zero-order valence-corrected chi connectivity index (χ0v) is 15.6. The monoisotopic (exact) mass is 372 g/mol. The van der Waals surface area contributed by atoms with E-state index in [1.165, 1.54) is 16.8 Å². The van der Waals surface area contributed by atoms with Gasteiger partial charge in [-0.2, -0.15) is 5.10 Å². The number of rotatable bonds is 3. The van der Waals surface area contributed by atoms with Gasteiger partial charge in [-0.1, -0.05) is 18.9 Å². The van der Waals surface area contributed by atoms with E-state index in [1.807, 2.05) is 4.57 Å². The number of aromatic nitrogens is 3. The summed E-state index contributed by atoms with van der Waals surface area (Å²) < 4.78 is 16.7. The number of likely N-dealkylation sites (tertiary alicyclic amines) is 1. The maximum atomic E-state index is 13.4. The maximum absolute atomic E-state index is 13.4. The third-order valence-corrected chi connectivity index (χ3v) is 5.89. The predicted octanol–water partition coefficient (Wildman–Crippen LogP) is 2.86. The number of carbonyl (C=O) groups excluding carboxylic acids is 1. The normalized spacial score (nSPS) is 19.0. The average molecular weight is 372 g/mol. The molecule has 0 spiro atoms. The molecule has 2 heterocycles. The standard InChI is InChI=1S/C20H25FN4O2/c1-23-20(27)25(17-7-2-3-8-17)18(22-23)14-9-11-24(12-10-14)19(26)15-5-4-6-16(21)13-15/h4-6,13-14,17H,2-3,7-12H2,1H3. The lowest BCUT2D eigenvalue weighted by Gasteiger charge is -2.32. The molecule has 0 N–H and O–H groups in total.